The molecule has 9 nitrogen and oxygen atoms in total. The molecule has 1 fully saturated rings. The number of halogens is 2. The molecule has 0 aliphatic carbocycles. The van der Waals surface area contributed by atoms with Gasteiger partial charge in [-0.25, -0.2) is 14.4 Å². The first kappa shape index (κ1) is 27.5. The fourth-order valence-electron chi connectivity index (χ4n) is 5.14. The number of anilines is 1. The summed E-state index contributed by atoms with van der Waals surface area (Å²) in [6.45, 7) is 3.23. The van der Waals surface area contributed by atoms with E-state index in [9.17, 15) is 14.0 Å². The molecule has 1 atom stereocenters. The Bertz CT molecular complexity index is 1380. The summed E-state index contributed by atoms with van der Waals surface area (Å²) in [6, 6.07) is 7.32. The molecule has 12 heteroatoms. The number of thioether (sulfide) groups is 1. The largest absolute Gasteiger partial charge is 0.481 e. The second-order valence-corrected chi connectivity index (χ2v) is 11.0. The van der Waals surface area contributed by atoms with Gasteiger partial charge >= 0.3 is 0 Å². The maximum absolute atomic E-state index is 14.8. The zero-order valence-electron chi connectivity index (χ0n) is 21.7. The highest BCUT2D eigenvalue weighted by molar-refractivity contribution is 8.00. The molecule has 1 saturated heterocycles. The number of carbonyl (C=O) groups is 2. The van der Waals surface area contributed by atoms with Gasteiger partial charge in [-0.3, -0.25) is 14.6 Å². The summed E-state index contributed by atoms with van der Waals surface area (Å²) >= 11 is 7.41. The molecule has 1 N–H and O–H groups in total. The summed E-state index contributed by atoms with van der Waals surface area (Å²) in [5.41, 5.74) is 2.39. The van der Waals surface area contributed by atoms with Crippen LogP contribution in [0.5, 0.6) is 5.88 Å². The smallest absolute Gasteiger partial charge is 0.237 e. The normalized spacial score (nSPS) is 17.5. The van der Waals surface area contributed by atoms with Crippen molar-refractivity contribution >= 4 is 52.0 Å². The molecule has 0 bridgehead atoms. The molecule has 0 saturated carbocycles. The van der Waals surface area contributed by atoms with E-state index in [4.69, 9.17) is 16.3 Å². The predicted molar refractivity (Wildman–Crippen MR) is 149 cm³/mol. The molecule has 0 aromatic carbocycles. The van der Waals surface area contributed by atoms with Crippen LogP contribution >= 0.6 is 23.4 Å². The first-order chi connectivity index (χ1) is 18.9. The highest BCUT2D eigenvalue weighted by Crippen LogP contribution is 2.30. The Morgan fingerprint density at radius 3 is 3.00 bits per heavy atom. The molecule has 0 spiro atoms. The average molecular weight is 573 g/mol. The van der Waals surface area contributed by atoms with Crippen LogP contribution in [0.2, 0.25) is 0 Å². The highest BCUT2D eigenvalue weighted by Gasteiger charge is 2.26. The van der Waals surface area contributed by atoms with Gasteiger partial charge in [-0.05, 0) is 49.9 Å². The van der Waals surface area contributed by atoms with Crippen LogP contribution < -0.4 is 10.1 Å². The summed E-state index contributed by atoms with van der Waals surface area (Å²) < 4.78 is 20.0. The van der Waals surface area contributed by atoms with E-state index < -0.39 is 0 Å². The number of piperidine rings is 1. The number of alkyl halides is 1. The molecule has 2 aliphatic heterocycles. The van der Waals surface area contributed by atoms with E-state index in [2.05, 4.69) is 25.2 Å². The van der Waals surface area contributed by atoms with Gasteiger partial charge in [0.15, 0.2) is 0 Å². The Labute approximate surface area is 235 Å². The lowest BCUT2D eigenvalue weighted by molar-refractivity contribution is -0.130. The van der Waals surface area contributed by atoms with E-state index in [0.29, 0.717) is 65.8 Å². The van der Waals surface area contributed by atoms with E-state index in [1.165, 1.54) is 25.1 Å². The van der Waals surface area contributed by atoms with Crippen LogP contribution in [0.15, 0.2) is 35.4 Å². The SMILES string of the molecule is COc1ccc2ncc(F)c(CCN3CCCC(CN(Cc4ccc5c(n4)NC(=O)CS5)C(=O)CCl)C3)c2n1. The number of rotatable bonds is 9. The van der Waals surface area contributed by atoms with E-state index in [1.54, 1.807) is 17.0 Å². The fourth-order valence-corrected chi connectivity index (χ4v) is 6.07. The predicted octanol–water partition coefficient (Wildman–Crippen LogP) is 3.74. The standard InChI is InChI=1S/C27H30ClFN6O3S/c1-38-24-7-5-21-26(33-24)19(20(29)12-30-21)8-10-34-9-2-3-17(13-34)14-35(25(37)11-28)15-18-4-6-22-27(31-18)32-23(36)16-39-22/h4-7,12,17H,2-3,8-11,13-16H2,1H3,(H,31,32,36). The number of ether oxygens (including phenoxy) is 1. The van der Waals surface area contributed by atoms with Crippen molar-refractivity contribution in [3.8, 4) is 5.88 Å². The van der Waals surface area contributed by atoms with Crippen molar-refractivity contribution in [2.75, 3.05) is 50.2 Å². The third-order valence-electron chi connectivity index (χ3n) is 7.06. The van der Waals surface area contributed by atoms with Crippen LogP contribution in [-0.4, -0.2) is 81.5 Å². The number of nitrogens with one attached hydrogen (secondary N) is 1. The highest BCUT2D eigenvalue weighted by atomic mass is 35.5. The Morgan fingerprint density at radius 1 is 1.31 bits per heavy atom. The second-order valence-electron chi connectivity index (χ2n) is 9.76. The Kier molecular flexibility index (Phi) is 8.79. The van der Waals surface area contributed by atoms with Gasteiger partial charge < -0.3 is 19.9 Å². The molecular weight excluding hydrogens is 543 g/mol. The zero-order chi connectivity index (χ0) is 27.4. The van der Waals surface area contributed by atoms with Gasteiger partial charge in [0.05, 0.1) is 47.2 Å². The Morgan fingerprint density at radius 2 is 2.18 bits per heavy atom. The van der Waals surface area contributed by atoms with Crippen molar-refractivity contribution < 1.29 is 18.7 Å². The van der Waals surface area contributed by atoms with Crippen LogP contribution in [0.4, 0.5) is 10.2 Å². The molecule has 39 heavy (non-hydrogen) atoms. The number of methoxy groups -OCH3 is 1. The Balaban J connectivity index is 1.24. The minimum atomic E-state index is -0.372. The number of hydrogen-bond acceptors (Lipinski definition) is 8. The van der Waals surface area contributed by atoms with Crippen molar-refractivity contribution in [2.24, 2.45) is 5.92 Å². The van der Waals surface area contributed by atoms with Crippen molar-refractivity contribution in [3.63, 3.8) is 0 Å². The van der Waals surface area contributed by atoms with E-state index in [1.807, 2.05) is 12.1 Å². The van der Waals surface area contributed by atoms with Crippen LogP contribution in [-0.2, 0) is 22.6 Å². The van der Waals surface area contributed by atoms with Crippen molar-refractivity contribution in [2.45, 2.75) is 30.7 Å². The number of likely N-dealkylation sites (tertiary alicyclic amines) is 1. The van der Waals surface area contributed by atoms with Crippen molar-refractivity contribution in [1.82, 2.24) is 24.8 Å². The molecule has 2 aliphatic rings. The number of hydrogen-bond donors (Lipinski definition) is 1. The number of nitrogens with zero attached hydrogens (tertiary/aromatic N) is 5. The monoisotopic (exact) mass is 572 g/mol. The second kappa shape index (κ2) is 12.4. The lowest BCUT2D eigenvalue weighted by Crippen LogP contribution is -2.43. The topological polar surface area (TPSA) is 101 Å². The molecule has 5 rings (SSSR count). The quantitative estimate of drug-likeness (QED) is 0.387. The van der Waals surface area contributed by atoms with Gasteiger partial charge in [0, 0.05) is 31.3 Å². The number of aromatic nitrogens is 3. The minimum absolute atomic E-state index is 0.0808. The van der Waals surface area contributed by atoms with Crippen LogP contribution in [0, 0.1) is 11.7 Å². The summed E-state index contributed by atoms with van der Waals surface area (Å²) in [4.78, 5) is 42.7. The molecule has 1 unspecified atom stereocenters. The lowest BCUT2D eigenvalue weighted by Gasteiger charge is -2.35. The first-order valence-electron chi connectivity index (χ1n) is 12.9. The first-order valence-corrected chi connectivity index (χ1v) is 14.4. The fraction of sp³-hybridized carbons (Fsp3) is 0.444. The van der Waals surface area contributed by atoms with Gasteiger partial charge in [-0.2, -0.15) is 0 Å². The molecule has 206 valence electrons. The number of fused-ring (bicyclic) bond motifs is 2. The van der Waals surface area contributed by atoms with Gasteiger partial charge in [0.25, 0.3) is 0 Å². The number of amides is 2. The summed E-state index contributed by atoms with van der Waals surface area (Å²) in [6.07, 6.45) is 3.71. The van der Waals surface area contributed by atoms with Crippen LogP contribution in [0.1, 0.15) is 24.1 Å². The third-order valence-corrected chi connectivity index (χ3v) is 8.34. The minimum Gasteiger partial charge on any atom is -0.481 e. The Hall–Kier alpha value is -3.02. The summed E-state index contributed by atoms with van der Waals surface area (Å²) in [7, 11) is 1.53. The molecule has 0 radical (unpaired) electrons. The van der Waals surface area contributed by atoms with Crippen molar-refractivity contribution in [1.29, 1.82) is 0 Å². The van der Waals surface area contributed by atoms with Gasteiger partial charge in [0.1, 0.15) is 17.5 Å². The molecular formula is C27H30ClFN6O3S. The van der Waals surface area contributed by atoms with Gasteiger partial charge in [-0.15, -0.1) is 23.4 Å². The molecule has 2 amide bonds. The third kappa shape index (κ3) is 6.59. The maximum Gasteiger partial charge on any atom is 0.237 e. The summed E-state index contributed by atoms with van der Waals surface area (Å²) in [5.74, 6) is 0.863. The molecule has 5 heterocycles. The van der Waals surface area contributed by atoms with E-state index in [-0.39, 0.29) is 29.4 Å². The van der Waals surface area contributed by atoms with Gasteiger partial charge in [0.2, 0.25) is 17.7 Å². The zero-order valence-corrected chi connectivity index (χ0v) is 23.2. The van der Waals surface area contributed by atoms with Gasteiger partial charge in [-0.1, -0.05) is 0 Å². The lowest BCUT2D eigenvalue weighted by atomic mass is 9.96. The average Bonchev–Trinajstić information content (AvgIpc) is 2.95. The van der Waals surface area contributed by atoms with E-state index >= 15 is 0 Å². The number of carbonyl (C=O) groups excluding carboxylic acids is 2. The summed E-state index contributed by atoms with van der Waals surface area (Å²) in [5, 5.41) is 2.80. The molecule has 3 aromatic rings. The van der Waals surface area contributed by atoms with Crippen LogP contribution in [0.3, 0.4) is 0 Å². The number of pyridine rings is 3. The van der Waals surface area contributed by atoms with E-state index in [0.717, 1.165) is 30.8 Å². The van der Waals surface area contributed by atoms with Crippen LogP contribution in [0.25, 0.3) is 11.0 Å². The maximum atomic E-state index is 14.8. The molecule has 3 aromatic heterocycles. The van der Waals surface area contributed by atoms with Crippen molar-refractivity contribution in [3.05, 3.63) is 47.5 Å².